The molecule has 2 rings (SSSR count). The van der Waals surface area contributed by atoms with Crippen LogP contribution in [0.1, 0.15) is 25.2 Å². The molecular weight excluding hydrogens is 150 g/mol. The fraction of sp³-hybridized carbons (Fsp3) is 0.444. The van der Waals surface area contributed by atoms with Gasteiger partial charge in [0.1, 0.15) is 0 Å². The Morgan fingerprint density at radius 3 is 3.08 bits per heavy atom. The number of nitrogen functional groups attached to an aromatic ring is 1. The lowest BCUT2D eigenvalue weighted by Crippen LogP contribution is -2.15. The van der Waals surface area contributed by atoms with Crippen molar-refractivity contribution < 1.29 is 0 Å². The summed E-state index contributed by atoms with van der Waals surface area (Å²) >= 11 is 0. The van der Waals surface area contributed by atoms with E-state index in [0.29, 0.717) is 5.95 Å². The number of nitrogens with two attached hydrogens (primary N) is 1. The molecule has 1 aliphatic carbocycles. The van der Waals surface area contributed by atoms with Crippen molar-refractivity contribution in [2.75, 3.05) is 5.73 Å². The van der Waals surface area contributed by atoms with Crippen LogP contribution in [0.3, 0.4) is 0 Å². The fourth-order valence-corrected chi connectivity index (χ4v) is 1.54. The molecule has 0 saturated carbocycles. The number of nitrogens with one attached hydrogen (secondary N) is 1. The largest absolute Gasteiger partial charge is 0.369 e. The van der Waals surface area contributed by atoms with Crippen molar-refractivity contribution in [1.29, 1.82) is 0 Å². The Morgan fingerprint density at radius 2 is 2.33 bits per heavy atom. The van der Waals surface area contributed by atoms with Crippen molar-refractivity contribution in [2.45, 2.75) is 20.3 Å². The fourth-order valence-electron chi connectivity index (χ4n) is 1.54. The third-order valence-corrected chi connectivity index (χ3v) is 2.15. The molecule has 1 heterocycles. The van der Waals surface area contributed by atoms with Gasteiger partial charge in [-0.25, -0.2) is 4.98 Å². The Bertz CT molecular complexity index is 334. The molecule has 1 aromatic rings. The number of imidazole rings is 1. The summed E-state index contributed by atoms with van der Waals surface area (Å²) in [5.41, 5.74) is 7.92. The number of nitrogens with zero attached hydrogens (tertiary/aromatic N) is 1. The molecule has 0 aliphatic heterocycles. The second kappa shape index (κ2) is 2.12. The Labute approximate surface area is 71.7 Å². The van der Waals surface area contributed by atoms with Crippen molar-refractivity contribution in [3.8, 4) is 0 Å². The zero-order valence-corrected chi connectivity index (χ0v) is 7.39. The lowest BCUT2D eigenvalue weighted by molar-refractivity contribution is 0.469. The number of aromatic amines is 1. The molecule has 0 saturated heterocycles. The summed E-state index contributed by atoms with van der Waals surface area (Å²) in [5.74, 6) is 0.516. The molecule has 0 atom stereocenters. The summed E-state index contributed by atoms with van der Waals surface area (Å²) < 4.78 is 0. The van der Waals surface area contributed by atoms with Crippen molar-refractivity contribution in [2.24, 2.45) is 5.41 Å². The smallest absolute Gasteiger partial charge is 0.198 e. The van der Waals surface area contributed by atoms with Crippen LogP contribution in [0.4, 0.5) is 5.95 Å². The van der Waals surface area contributed by atoms with E-state index < -0.39 is 0 Å². The third-order valence-electron chi connectivity index (χ3n) is 2.15. The maximum absolute atomic E-state index is 5.55. The summed E-state index contributed by atoms with van der Waals surface area (Å²) in [6, 6.07) is 0. The van der Waals surface area contributed by atoms with Gasteiger partial charge in [0, 0.05) is 5.69 Å². The van der Waals surface area contributed by atoms with Gasteiger partial charge in [0.15, 0.2) is 5.95 Å². The highest BCUT2D eigenvalue weighted by Gasteiger charge is 2.22. The Kier molecular flexibility index (Phi) is 1.31. The van der Waals surface area contributed by atoms with E-state index in [1.807, 2.05) is 6.08 Å². The molecule has 12 heavy (non-hydrogen) atoms. The number of hydrogen-bond acceptors (Lipinski definition) is 2. The minimum absolute atomic E-state index is 0.228. The molecule has 0 spiro atoms. The topological polar surface area (TPSA) is 54.7 Å². The number of anilines is 1. The summed E-state index contributed by atoms with van der Waals surface area (Å²) in [6.07, 6.45) is 5.20. The number of fused-ring (bicyclic) bond motifs is 1. The molecular formula is C9H13N3. The van der Waals surface area contributed by atoms with Gasteiger partial charge in [-0.15, -0.1) is 0 Å². The normalized spacial score (nSPS) is 19.2. The standard InChI is InChI=1S/C9H13N3/c1-9(2)4-3-6-7(5-9)12-8(10)11-6/h3-4H,5H2,1-2H3,(H3,10,11,12). The first-order valence-electron chi connectivity index (χ1n) is 4.10. The number of aromatic nitrogens is 2. The molecule has 3 N–H and O–H groups in total. The second-order valence-electron chi connectivity index (χ2n) is 3.98. The van der Waals surface area contributed by atoms with Crippen molar-refractivity contribution in [1.82, 2.24) is 9.97 Å². The first-order valence-corrected chi connectivity index (χ1v) is 4.10. The highest BCUT2D eigenvalue weighted by Crippen LogP contribution is 2.30. The average Bonchev–Trinajstić information content (AvgIpc) is 2.26. The molecule has 1 aliphatic rings. The van der Waals surface area contributed by atoms with Crippen LogP contribution in [0.25, 0.3) is 6.08 Å². The van der Waals surface area contributed by atoms with Crippen LogP contribution in [-0.4, -0.2) is 9.97 Å². The van der Waals surface area contributed by atoms with Gasteiger partial charge in [0.2, 0.25) is 0 Å². The van der Waals surface area contributed by atoms with Gasteiger partial charge in [0.25, 0.3) is 0 Å². The van der Waals surface area contributed by atoms with Crippen LogP contribution in [0, 0.1) is 5.41 Å². The quantitative estimate of drug-likeness (QED) is 0.610. The van der Waals surface area contributed by atoms with Gasteiger partial charge < -0.3 is 10.7 Å². The Hall–Kier alpha value is -1.25. The summed E-state index contributed by atoms with van der Waals surface area (Å²) in [6.45, 7) is 4.40. The van der Waals surface area contributed by atoms with Gasteiger partial charge in [-0.05, 0) is 17.9 Å². The lowest BCUT2D eigenvalue weighted by Gasteiger charge is -2.22. The van der Waals surface area contributed by atoms with E-state index in [9.17, 15) is 0 Å². The molecule has 0 fully saturated rings. The Morgan fingerprint density at radius 1 is 1.58 bits per heavy atom. The van der Waals surface area contributed by atoms with Gasteiger partial charge in [-0.1, -0.05) is 19.9 Å². The molecule has 64 valence electrons. The predicted octanol–water partition coefficient (Wildman–Crippen LogP) is 1.59. The van der Waals surface area contributed by atoms with Crippen molar-refractivity contribution in [3.63, 3.8) is 0 Å². The lowest BCUT2D eigenvalue weighted by atomic mass is 9.83. The highest BCUT2D eigenvalue weighted by atomic mass is 15.0. The molecule has 0 radical (unpaired) electrons. The first-order chi connectivity index (χ1) is 5.57. The van der Waals surface area contributed by atoms with Crippen LogP contribution < -0.4 is 5.73 Å². The molecule has 1 aromatic heterocycles. The van der Waals surface area contributed by atoms with Crippen LogP contribution in [0.5, 0.6) is 0 Å². The molecule has 3 nitrogen and oxygen atoms in total. The van der Waals surface area contributed by atoms with Gasteiger partial charge >= 0.3 is 0 Å². The second-order valence-corrected chi connectivity index (χ2v) is 3.98. The van der Waals surface area contributed by atoms with Crippen LogP contribution in [0.15, 0.2) is 6.08 Å². The summed E-state index contributed by atoms with van der Waals surface area (Å²) in [7, 11) is 0. The molecule has 0 amide bonds. The van der Waals surface area contributed by atoms with E-state index in [1.54, 1.807) is 0 Å². The number of H-pyrrole nitrogens is 1. The van der Waals surface area contributed by atoms with E-state index in [2.05, 4.69) is 29.9 Å². The third kappa shape index (κ3) is 1.11. The predicted molar refractivity (Wildman–Crippen MR) is 49.5 cm³/mol. The first kappa shape index (κ1) is 7.40. The number of hydrogen-bond donors (Lipinski definition) is 2. The highest BCUT2D eigenvalue weighted by molar-refractivity contribution is 5.54. The zero-order chi connectivity index (χ0) is 8.77. The van der Waals surface area contributed by atoms with E-state index in [1.165, 1.54) is 0 Å². The summed E-state index contributed by atoms with van der Waals surface area (Å²) in [4.78, 5) is 7.22. The van der Waals surface area contributed by atoms with E-state index in [0.717, 1.165) is 17.8 Å². The zero-order valence-electron chi connectivity index (χ0n) is 7.39. The van der Waals surface area contributed by atoms with Crippen LogP contribution in [-0.2, 0) is 6.42 Å². The van der Waals surface area contributed by atoms with Gasteiger partial charge in [-0.3, -0.25) is 0 Å². The van der Waals surface area contributed by atoms with Gasteiger partial charge in [0.05, 0.1) is 5.69 Å². The minimum Gasteiger partial charge on any atom is -0.369 e. The van der Waals surface area contributed by atoms with E-state index >= 15 is 0 Å². The van der Waals surface area contributed by atoms with Crippen LogP contribution >= 0.6 is 0 Å². The minimum atomic E-state index is 0.228. The monoisotopic (exact) mass is 163 g/mol. The molecule has 3 heteroatoms. The summed E-state index contributed by atoms with van der Waals surface area (Å²) in [5, 5.41) is 0. The van der Waals surface area contributed by atoms with Crippen molar-refractivity contribution in [3.05, 3.63) is 17.5 Å². The Balaban J connectivity index is 2.45. The number of rotatable bonds is 0. The molecule has 0 unspecified atom stereocenters. The maximum Gasteiger partial charge on any atom is 0.198 e. The van der Waals surface area contributed by atoms with E-state index in [4.69, 9.17) is 5.73 Å². The molecule has 0 bridgehead atoms. The number of allylic oxidation sites excluding steroid dienone is 1. The maximum atomic E-state index is 5.55. The molecule has 0 aromatic carbocycles. The van der Waals surface area contributed by atoms with Crippen molar-refractivity contribution >= 4 is 12.0 Å². The van der Waals surface area contributed by atoms with Gasteiger partial charge in [-0.2, -0.15) is 0 Å². The van der Waals surface area contributed by atoms with Crippen LogP contribution in [0.2, 0.25) is 0 Å². The van der Waals surface area contributed by atoms with E-state index in [-0.39, 0.29) is 5.41 Å². The average molecular weight is 163 g/mol. The SMILES string of the molecule is CC1(C)C=Cc2nc(N)[nH]c2C1.